The van der Waals surface area contributed by atoms with E-state index in [2.05, 4.69) is 19.2 Å². The molecule has 0 heterocycles. The Morgan fingerprint density at radius 3 is 2.46 bits per heavy atom. The first kappa shape index (κ1) is 11.0. The minimum absolute atomic E-state index is 0.653. The second-order valence-electron chi connectivity index (χ2n) is 4.69. The summed E-state index contributed by atoms with van der Waals surface area (Å²) in [7, 11) is 0. The highest BCUT2D eigenvalue weighted by molar-refractivity contribution is 4.73. The highest BCUT2D eigenvalue weighted by Crippen LogP contribution is 2.25. The fourth-order valence-electron chi connectivity index (χ4n) is 1.76. The highest BCUT2D eigenvalue weighted by atomic mass is 14.9. The van der Waals surface area contributed by atoms with Crippen LogP contribution in [-0.2, 0) is 0 Å². The molecule has 1 aliphatic rings. The number of hydrogen-bond acceptors (Lipinski definition) is 2. The van der Waals surface area contributed by atoms with Crippen LogP contribution in [0.2, 0.25) is 0 Å². The van der Waals surface area contributed by atoms with Crippen molar-refractivity contribution >= 4 is 0 Å². The van der Waals surface area contributed by atoms with Gasteiger partial charge in [-0.2, -0.15) is 0 Å². The van der Waals surface area contributed by atoms with Crippen molar-refractivity contribution in [2.24, 2.45) is 23.5 Å². The molecule has 0 spiro atoms. The van der Waals surface area contributed by atoms with Crippen LogP contribution in [0.4, 0.5) is 0 Å². The van der Waals surface area contributed by atoms with Crippen LogP contribution in [-0.4, -0.2) is 19.6 Å². The molecule has 0 saturated heterocycles. The topological polar surface area (TPSA) is 38.0 Å². The second-order valence-corrected chi connectivity index (χ2v) is 4.69. The van der Waals surface area contributed by atoms with E-state index in [9.17, 15) is 0 Å². The molecule has 1 saturated carbocycles. The van der Waals surface area contributed by atoms with Gasteiger partial charge in [0, 0.05) is 0 Å². The van der Waals surface area contributed by atoms with Crippen LogP contribution in [0.25, 0.3) is 0 Å². The van der Waals surface area contributed by atoms with Crippen LogP contribution >= 0.6 is 0 Å². The van der Waals surface area contributed by atoms with Gasteiger partial charge in [0.25, 0.3) is 0 Å². The molecule has 13 heavy (non-hydrogen) atoms. The van der Waals surface area contributed by atoms with Crippen molar-refractivity contribution in [2.45, 2.75) is 33.1 Å². The van der Waals surface area contributed by atoms with Crippen molar-refractivity contribution in [1.82, 2.24) is 5.32 Å². The average molecular weight is 184 g/mol. The van der Waals surface area contributed by atoms with Crippen LogP contribution in [0.1, 0.15) is 33.1 Å². The molecule has 1 fully saturated rings. The number of rotatable bonds is 6. The predicted octanol–water partition coefficient (Wildman–Crippen LogP) is 1.61. The van der Waals surface area contributed by atoms with E-state index in [1.165, 1.54) is 25.8 Å². The molecular formula is C11H24N2. The third-order valence-electron chi connectivity index (χ3n) is 3.31. The van der Waals surface area contributed by atoms with Gasteiger partial charge >= 0.3 is 0 Å². The lowest BCUT2D eigenvalue weighted by molar-refractivity contribution is 0.283. The summed E-state index contributed by atoms with van der Waals surface area (Å²) >= 11 is 0. The Morgan fingerprint density at radius 2 is 2.08 bits per heavy atom. The molecule has 1 aliphatic carbocycles. The average Bonchev–Trinajstić information content (AvgIpc) is 2.00. The summed E-state index contributed by atoms with van der Waals surface area (Å²) in [6, 6.07) is 0. The first-order valence-electron chi connectivity index (χ1n) is 5.64. The molecule has 0 amide bonds. The van der Waals surface area contributed by atoms with Gasteiger partial charge in [-0.3, -0.25) is 0 Å². The van der Waals surface area contributed by atoms with E-state index in [1.807, 2.05) is 0 Å². The standard InChI is InChI=1S/C11H24N2/c1-9(2)11(6-12)8-13-7-10-4-3-5-10/h9-11,13H,3-8,12H2,1-2H3. The lowest BCUT2D eigenvalue weighted by Gasteiger charge is -2.27. The van der Waals surface area contributed by atoms with Crippen LogP contribution in [0, 0.1) is 17.8 Å². The van der Waals surface area contributed by atoms with E-state index in [0.717, 1.165) is 19.0 Å². The lowest BCUT2D eigenvalue weighted by Crippen LogP contribution is -2.35. The van der Waals surface area contributed by atoms with Crippen molar-refractivity contribution in [3.05, 3.63) is 0 Å². The Bertz CT molecular complexity index is 130. The van der Waals surface area contributed by atoms with E-state index in [4.69, 9.17) is 5.73 Å². The summed E-state index contributed by atoms with van der Waals surface area (Å²) in [5.74, 6) is 2.32. The second kappa shape index (κ2) is 5.61. The van der Waals surface area contributed by atoms with E-state index >= 15 is 0 Å². The Hall–Kier alpha value is -0.0800. The third-order valence-corrected chi connectivity index (χ3v) is 3.31. The molecule has 2 nitrogen and oxygen atoms in total. The number of hydrogen-bond donors (Lipinski definition) is 2. The van der Waals surface area contributed by atoms with Crippen molar-refractivity contribution < 1.29 is 0 Å². The minimum Gasteiger partial charge on any atom is -0.330 e. The fourth-order valence-corrected chi connectivity index (χ4v) is 1.76. The van der Waals surface area contributed by atoms with Gasteiger partial charge in [0.05, 0.1) is 0 Å². The van der Waals surface area contributed by atoms with Crippen molar-refractivity contribution in [2.75, 3.05) is 19.6 Å². The molecule has 0 aromatic carbocycles. The highest BCUT2D eigenvalue weighted by Gasteiger charge is 2.17. The van der Waals surface area contributed by atoms with E-state index in [0.29, 0.717) is 11.8 Å². The van der Waals surface area contributed by atoms with Crippen LogP contribution < -0.4 is 11.1 Å². The van der Waals surface area contributed by atoms with Gasteiger partial charge in [0.15, 0.2) is 0 Å². The molecule has 3 N–H and O–H groups in total. The largest absolute Gasteiger partial charge is 0.330 e. The summed E-state index contributed by atoms with van der Waals surface area (Å²) in [6.45, 7) is 7.63. The summed E-state index contributed by atoms with van der Waals surface area (Å²) in [5.41, 5.74) is 5.70. The molecular weight excluding hydrogens is 160 g/mol. The van der Waals surface area contributed by atoms with E-state index in [-0.39, 0.29) is 0 Å². The summed E-state index contributed by atoms with van der Waals surface area (Å²) in [5, 5.41) is 3.54. The first-order valence-corrected chi connectivity index (χ1v) is 5.64. The Morgan fingerprint density at radius 1 is 1.38 bits per heavy atom. The monoisotopic (exact) mass is 184 g/mol. The van der Waals surface area contributed by atoms with Gasteiger partial charge in [-0.05, 0) is 50.2 Å². The maximum atomic E-state index is 5.70. The molecule has 0 aromatic rings. The first-order chi connectivity index (χ1) is 6.24. The third kappa shape index (κ3) is 3.65. The van der Waals surface area contributed by atoms with Crippen LogP contribution in [0.3, 0.4) is 0 Å². The molecule has 0 radical (unpaired) electrons. The van der Waals surface area contributed by atoms with Crippen LogP contribution in [0.5, 0.6) is 0 Å². The lowest BCUT2D eigenvalue weighted by atomic mass is 9.85. The predicted molar refractivity (Wildman–Crippen MR) is 57.6 cm³/mol. The van der Waals surface area contributed by atoms with E-state index in [1.54, 1.807) is 0 Å². The normalized spacial score (nSPS) is 20.3. The molecule has 1 rings (SSSR count). The van der Waals surface area contributed by atoms with Gasteiger partial charge in [-0.25, -0.2) is 0 Å². The summed E-state index contributed by atoms with van der Waals surface area (Å²) in [4.78, 5) is 0. The van der Waals surface area contributed by atoms with Gasteiger partial charge in [-0.15, -0.1) is 0 Å². The zero-order valence-electron chi connectivity index (χ0n) is 9.05. The molecule has 2 heteroatoms. The Balaban J connectivity index is 2.01. The number of nitrogens with two attached hydrogens (primary N) is 1. The maximum Gasteiger partial charge on any atom is -0.000589 e. The van der Waals surface area contributed by atoms with Crippen molar-refractivity contribution in [1.29, 1.82) is 0 Å². The number of nitrogens with one attached hydrogen (secondary N) is 1. The fraction of sp³-hybridized carbons (Fsp3) is 1.00. The SMILES string of the molecule is CC(C)C(CN)CNCC1CCC1. The minimum atomic E-state index is 0.653. The van der Waals surface area contributed by atoms with Gasteiger partial charge in [0.2, 0.25) is 0 Å². The van der Waals surface area contributed by atoms with Gasteiger partial charge < -0.3 is 11.1 Å². The zero-order chi connectivity index (χ0) is 9.68. The summed E-state index contributed by atoms with van der Waals surface area (Å²) in [6.07, 6.45) is 4.31. The van der Waals surface area contributed by atoms with Crippen molar-refractivity contribution in [3.8, 4) is 0 Å². The zero-order valence-corrected chi connectivity index (χ0v) is 9.05. The Kier molecular flexibility index (Phi) is 4.74. The molecule has 1 unspecified atom stereocenters. The van der Waals surface area contributed by atoms with Crippen molar-refractivity contribution in [3.63, 3.8) is 0 Å². The summed E-state index contributed by atoms with van der Waals surface area (Å²) < 4.78 is 0. The molecule has 0 bridgehead atoms. The molecule has 78 valence electrons. The molecule has 0 aliphatic heterocycles. The maximum absolute atomic E-state index is 5.70. The molecule has 1 atom stereocenters. The smallest absolute Gasteiger partial charge is 0.000589 e. The van der Waals surface area contributed by atoms with E-state index < -0.39 is 0 Å². The van der Waals surface area contributed by atoms with Gasteiger partial charge in [-0.1, -0.05) is 20.3 Å². The van der Waals surface area contributed by atoms with Gasteiger partial charge in [0.1, 0.15) is 0 Å². The quantitative estimate of drug-likeness (QED) is 0.658. The molecule has 0 aromatic heterocycles. The van der Waals surface area contributed by atoms with Crippen LogP contribution in [0.15, 0.2) is 0 Å². The Labute approximate surface area is 82.3 Å².